The number of carbonyl (C=O) groups excluding carboxylic acids is 2. The largest absolute Gasteiger partial charge is 0.447 e. The summed E-state index contributed by atoms with van der Waals surface area (Å²) in [5, 5.41) is 2.81. The Morgan fingerprint density at radius 2 is 2.26 bits per heavy atom. The van der Waals surface area contributed by atoms with Crippen LogP contribution in [0.5, 0.6) is 0 Å². The highest BCUT2D eigenvalue weighted by Gasteiger charge is 2.23. The lowest BCUT2D eigenvalue weighted by atomic mass is 10.2. The van der Waals surface area contributed by atoms with Gasteiger partial charge in [0.05, 0.1) is 6.54 Å². The van der Waals surface area contributed by atoms with Crippen molar-refractivity contribution < 1.29 is 14.3 Å². The Morgan fingerprint density at radius 1 is 1.39 bits per heavy atom. The zero-order valence-corrected chi connectivity index (χ0v) is 12.7. The minimum atomic E-state index is -0.345. The first kappa shape index (κ1) is 15.0. The smallest absolute Gasteiger partial charge is 0.414 e. The van der Waals surface area contributed by atoms with Crippen LogP contribution >= 0.6 is 0 Å². The minimum Gasteiger partial charge on any atom is -0.447 e. The molecule has 0 saturated carbocycles. The van der Waals surface area contributed by atoms with Crippen molar-refractivity contribution in [2.24, 2.45) is 0 Å². The van der Waals surface area contributed by atoms with Crippen LogP contribution in [0.4, 0.5) is 10.5 Å². The fourth-order valence-electron chi connectivity index (χ4n) is 2.32. The molecular weight excluding hydrogens is 296 g/mol. The molecule has 118 valence electrons. The number of amides is 2. The lowest BCUT2D eigenvalue weighted by molar-refractivity contribution is 0.0945. The predicted molar refractivity (Wildman–Crippen MR) is 83.1 cm³/mol. The maximum Gasteiger partial charge on any atom is 0.414 e. The molecule has 0 unspecified atom stereocenters. The highest BCUT2D eigenvalue weighted by atomic mass is 16.6. The topological polar surface area (TPSA) is 84.4 Å². The van der Waals surface area contributed by atoms with E-state index < -0.39 is 0 Å². The number of benzene rings is 1. The van der Waals surface area contributed by atoms with Crippen molar-refractivity contribution in [2.75, 3.05) is 18.1 Å². The molecule has 1 aromatic heterocycles. The molecule has 7 heteroatoms. The van der Waals surface area contributed by atoms with Gasteiger partial charge in [-0.15, -0.1) is 0 Å². The van der Waals surface area contributed by atoms with Crippen molar-refractivity contribution in [3.8, 4) is 0 Å². The summed E-state index contributed by atoms with van der Waals surface area (Å²) in [5.41, 5.74) is 1.98. The Labute approximate surface area is 133 Å². The van der Waals surface area contributed by atoms with Gasteiger partial charge in [-0.3, -0.25) is 9.69 Å². The van der Waals surface area contributed by atoms with Gasteiger partial charge in [-0.25, -0.2) is 14.8 Å². The Kier molecular flexibility index (Phi) is 4.18. The standard InChI is InChI=1S/C16H16N4O3/c1-11-17-6-5-14(19-11)15(21)18-10-12-3-2-4-13(9-12)20-7-8-23-16(20)22/h2-6,9H,7-8,10H2,1H3,(H,18,21). The van der Waals surface area contributed by atoms with Gasteiger partial charge < -0.3 is 10.1 Å². The molecule has 1 aliphatic heterocycles. The van der Waals surface area contributed by atoms with Gasteiger partial charge in [0.2, 0.25) is 0 Å². The average Bonchev–Trinajstić information content (AvgIpc) is 2.99. The van der Waals surface area contributed by atoms with E-state index in [4.69, 9.17) is 4.74 Å². The zero-order valence-electron chi connectivity index (χ0n) is 12.7. The molecule has 23 heavy (non-hydrogen) atoms. The molecule has 0 bridgehead atoms. The Hall–Kier alpha value is -2.96. The van der Waals surface area contributed by atoms with Gasteiger partial charge in [0.25, 0.3) is 5.91 Å². The molecule has 7 nitrogen and oxygen atoms in total. The number of anilines is 1. The normalized spacial score (nSPS) is 13.8. The van der Waals surface area contributed by atoms with Gasteiger partial charge in [-0.05, 0) is 30.7 Å². The summed E-state index contributed by atoms with van der Waals surface area (Å²) in [6.45, 7) is 3.01. The van der Waals surface area contributed by atoms with Crippen molar-refractivity contribution >= 4 is 17.7 Å². The van der Waals surface area contributed by atoms with Crippen LogP contribution in [-0.4, -0.2) is 35.1 Å². The molecule has 2 aromatic rings. The first-order valence-corrected chi connectivity index (χ1v) is 7.24. The first-order chi connectivity index (χ1) is 11.1. The molecule has 2 amide bonds. The number of aryl methyl sites for hydroxylation is 1. The van der Waals surface area contributed by atoms with Crippen molar-refractivity contribution in [2.45, 2.75) is 13.5 Å². The number of hydrogen-bond acceptors (Lipinski definition) is 5. The van der Waals surface area contributed by atoms with Gasteiger partial charge >= 0.3 is 6.09 Å². The molecule has 1 aliphatic rings. The summed E-state index contributed by atoms with van der Waals surface area (Å²) < 4.78 is 4.93. The van der Waals surface area contributed by atoms with E-state index in [1.165, 1.54) is 0 Å². The van der Waals surface area contributed by atoms with E-state index in [1.54, 1.807) is 24.1 Å². The number of aromatic nitrogens is 2. The number of rotatable bonds is 4. The van der Waals surface area contributed by atoms with Crippen LogP contribution in [0.15, 0.2) is 36.5 Å². The summed E-state index contributed by atoms with van der Waals surface area (Å²) in [6, 6.07) is 9.00. The second-order valence-electron chi connectivity index (χ2n) is 5.11. The third-order valence-electron chi connectivity index (χ3n) is 3.44. The van der Waals surface area contributed by atoms with Crippen molar-refractivity contribution in [3.05, 3.63) is 53.6 Å². The number of carbonyl (C=O) groups is 2. The maximum atomic E-state index is 12.1. The summed E-state index contributed by atoms with van der Waals surface area (Å²) >= 11 is 0. The molecule has 0 spiro atoms. The molecule has 2 heterocycles. The van der Waals surface area contributed by atoms with E-state index >= 15 is 0 Å². The maximum absolute atomic E-state index is 12.1. The van der Waals surface area contributed by atoms with Crippen molar-refractivity contribution in [3.63, 3.8) is 0 Å². The molecule has 3 rings (SSSR count). The lowest BCUT2D eigenvalue weighted by Gasteiger charge is -2.14. The van der Waals surface area contributed by atoms with Gasteiger partial charge in [-0.1, -0.05) is 12.1 Å². The van der Waals surface area contributed by atoms with Gasteiger partial charge in [0.15, 0.2) is 0 Å². The third-order valence-corrected chi connectivity index (χ3v) is 3.44. The number of ether oxygens (including phenoxy) is 1. The number of hydrogen-bond donors (Lipinski definition) is 1. The predicted octanol–water partition coefficient (Wildman–Crippen LogP) is 1.67. The van der Waals surface area contributed by atoms with E-state index in [0.29, 0.717) is 31.2 Å². The van der Waals surface area contributed by atoms with E-state index in [-0.39, 0.29) is 12.0 Å². The van der Waals surface area contributed by atoms with Crippen LogP contribution in [0.3, 0.4) is 0 Å². The van der Waals surface area contributed by atoms with Crippen LogP contribution in [0.25, 0.3) is 0 Å². The number of cyclic esters (lactones) is 1. The second-order valence-corrected chi connectivity index (χ2v) is 5.11. The van der Waals surface area contributed by atoms with Gasteiger partial charge in [0, 0.05) is 18.4 Å². The fraction of sp³-hybridized carbons (Fsp3) is 0.250. The quantitative estimate of drug-likeness (QED) is 0.928. The number of nitrogens with one attached hydrogen (secondary N) is 1. The molecule has 0 atom stereocenters. The Balaban J connectivity index is 1.66. The zero-order chi connectivity index (χ0) is 16.2. The Bertz CT molecular complexity index is 748. The van der Waals surface area contributed by atoms with Crippen LogP contribution in [0.1, 0.15) is 21.9 Å². The van der Waals surface area contributed by atoms with Crippen LogP contribution < -0.4 is 10.2 Å². The SMILES string of the molecule is Cc1nccc(C(=O)NCc2cccc(N3CCOC3=O)c2)n1. The van der Waals surface area contributed by atoms with Gasteiger partial charge in [-0.2, -0.15) is 0 Å². The molecule has 1 fully saturated rings. The summed E-state index contributed by atoms with van der Waals surface area (Å²) in [4.78, 5) is 33.3. The van der Waals surface area contributed by atoms with E-state index in [1.807, 2.05) is 24.3 Å². The highest BCUT2D eigenvalue weighted by molar-refractivity contribution is 5.92. The molecule has 0 aliphatic carbocycles. The molecule has 0 radical (unpaired) electrons. The summed E-state index contributed by atoms with van der Waals surface area (Å²) in [6.07, 6.45) is 1.21. The summed E-state index contributed by atoms with van der Waals surface area (Å²) in [7, 11) is 0. The first-order valence-electron chi connectivity index (χ1n) is 7.24. The average molecular weight is 312 g/mol. The fourth-order valence-corrected chi connectivity index (χ4v) is 2.32. The second kappa shape index (κ2) is 6.43. The van der Waals surface area contributed by atoms with E-state index in [2.05, 4.69) is 15.3 Å². The molecule has 1 aromatic carbocycles. The van der Waals surface area contributed by atoms with Gasteiger partial charge in [0.1, 0.15) is 18.1 Å². The van der Waals surface area contributed by atoms with Crippen LogP contribution in [-0.2, 0) is 11.3 Å². The minimum absolute atomic E-state index is 0.263. The van der Waals surface area contributed by atoms with Crippen LogP contribution in [0.2, 0.25) is 0 Å². The van der Waals surface area contributed by atoms with E-state index in [0.717, 1.165) is 11.3 Å². The molecule has 1 saturated heterocycles. The Morgan fingerprint density at radius 3 is 3.00 bits per heavy atom. The van der Waals surface area contributed by atoms with Crippen LogP contribution in [0, 0.1) is 6.92 Å². The lowest BCUT2D eigenvalue weighted by Crippen LogP contribution is -2.25. The van der Waals surface area contributed by atoms with E-state index in [9.17, 15) is 9.59 Å². The molecule has 1 N–H and O–H groups in total. The van der Waals surface area contributed by atoms with Crippen molar-refractivity contribution in [1.29, 1.82) is 0 Å². The summed E-state index contributed by atoms with van der Waals surface area (Å²) in [5.74, 6) is 0.286. The van der Waals surface area contributed by atoms with Crippen molar-refractivity contribution in [1.82, 2.24) is 15.3 Å². The third kappa shape index (κ3) is 3.45. The number of nitrogens with zero attached hydrogens (tertiary/aromatic N) is 3. The highest BCUT2D eigenvalue weighted by Crippen LogP contribution is 2.19. The monoisotopic (exact) mass is 312 g/mol. The molecular formula is C16H16N4O3.